The van der Waals surface area contributed by atoms with Crippen molar-refractivity contribution in [3.8, 4) is 5.75 Å². The fraction of sp³-hybridized carbons (Fsp3) is 0.105. The van der Waals surface area contributed by atoms with Crippen LogP contribution in [-0.2, 0) is 4.84 Å². The Bertz CT molecular complexity index is 1150. The van der Waals surface area contributed by atoms with Crippen LogP contribution in [0.5, 0.6) is 5.75 Å². The van der Waals surface area contributed by atoms with Crippen molar-refractivity contribution < 1.29 is 37.1 Å². The summed E-state index contributed by atoms with van der Waals surface area (Å²) in [7, 11) is 0. The molecule has 2 amide bonds. The monoisotopic (exact) mass is 404 g/mol. The third kappa shape index (κ3) is 3.18. The van der Waals surface area contributed by atoms with Gasteiger partial charge in [0.1, 0.15) is 11.4 Å². The summed E-state index contributed by atoms with van der Waals surface area (Å²) in [5, 5.41) is 0.650. The summed E-state index contributed by atoms with van der Waals surface area (Å²) in [6.45, 7) is 1.48. The van der Waals surface area contributed by atoms with Gasteiger partial charge in [0, 0.05) is 10.9 Å². The molecule has 0 saturated carbocycles. The van der Waals surface area contributed by atoms with Crippen molar-refractivity contribution in [2.75, 3.05) is 0 Å². The predicted molar refractivity (Wildman–Crippen MR) is 92.1 cm³/mol. The summed E-state index contributed by atoms with van der Waals surface area (Å²) in [4.78, 5) is 44.8. The Kier molecular flexibility index (Phi) is 4.07. The molecular weight excluding hydrogens is 393 g/mol. The number of hydrogen-bond acceptors (Lipinski definition) is 5. The molecule has 1 N–H and O–H groups in total. The zero-order valence-corrected chi connectivity index (χ0v) is 14.7. The first-order chi connectivity index (χ1) is 13.7. The second-order valence-electron chi connectivity index (χ2n) is 6.21. The molecule has 0 spiro atoms. The number of carbonyl (C=O) groups is 3. The van der Waals surface area contributed by atoms with Gasteiger partial charge in [-0.3, -0.25) is 9.59 Å². The number of aryl methyl sites for hydroxylation is 1. The Hall–Kier alpha value is -3.82. The molecule has 2 heterocycles. The lowest BCUT2D eigenvalue weighted by Gasteiger charge is -2.12. The van der Waals surface area contributed by atoms with Crippen molar-refractivity contribution in [2.45, 2.75) is 13.3 Å². The predicted octanol–water partition coefficient (Wildman–Crippen LogP) is 3.74. The van der Waals surface area contributed by atoms with E-state index < -0.39 is 29.9 Å². The molecule has 10 heteroatoms. The van der Waals surface area contributed by atoms with Crippen molar-refractivity contribution in [1.82, 2.24) is 10.0 Å². The van der Waals surface area contributed by atoms with Crippen LogP contribution in [0.2, 0.25) is 0 Å². The highest BCUT2D eigenvalue weighted by molar-refractivity contribution is 6.21. The number of halogens is 3. The summed E-state index contributed by atoms with van der Waals surface area (Å²) < 4.78 is 41.1. The third-order valence-electron chi connectivity index (χ3n) is 4.40. The number of carbonyl (C=O) groups excluding carboxylic acids is 3. The Morgan fingerprint density at radius 1 is 1.03 bits per heavy atom. The molecule has 2 aromatic carbocycles. The number of rotatable bonds is 3. The standard InChI is InChI=1S/C19H11F3N2O5/c1-9-13-8-10(28-19(20,21)22)6-7-14(13)23-15(9)18(27)29-24-16(25)11-4-2-3-5-12(11)17(24)26/h2-8,23H,1H3. The molecule has 4 rings (SSSR count). The van der Waals surface area contributed by atoms with Crippen molar-refractivity contribution in [3.63, 3.8) is 0 Å². The summed E-state index contributed by atoms with van der Waals surface area (Å²) in [5.74, 6) is -3.05. The third-order valence-corrected chi connectivity index (χ3v) is 4.40. The Morgan fingerprint density at radius 2 is 1.66 bits per heavy atom. The van der Waals surface area contributed by atoms with E-state index in [1.165, 1.54) is 25.1 Å². The topological polar surface area (TPSA) is 88.7 Å². The highest BCUT2D eigenvalue weighted by atomic mass is 19.4. The molecule has 148 valence electrons. The number of benzene rings is 2. The van der Waals surface area contributed by atoms with Gasteiger partial charge in [-0.15, -0.1) is 13.2 Å². The Labute approximate surface area is 160 Å². The smallest absolute Gasteiger partial charge is 0.406 e. The average molecular weight is 404 g/mol. The molecule has 7 nitrogen and oxygen atoms in total. The van der Waals surface area contributed by atoms with Gasteiger partial charge in [-0.1, -0.05) is 17.2 Å². The number of nitrogens with one attached hydrogen (secondary N) is 1. The van der Waals surface area contributed by atoms with E-state index in [4.69, 9.17) is 4.84 Å². The Morgan fingerprint density at radius 3 is 2.24 bits per heavy atom. The molecule has 1 aliphatic rings. The molecule has 0 radical (unpaired) electrons. The summed E-state index contributed by atoms with van der Waals surface area (Å²) >= 11 is 0. The number of hydroxylamine groups is 2. The fourth-order valence-corrected chi connectivity index (χ4v) is 3.09. The van der Waals surface area contributed by atoms with Gasteiger partial charge >= 0.3 is 12.3 Å². The first-order valence-corrected chi connectivity index (χ1v) is 8.24. The van der Waals surface area contributed by atoms with Crippen LogP contribution in [0.3, 0.4) is 0 Å². The lowest BCUT2D eigenvalue weighted by molar-refractivity contribution is -0.274. The highest BCUT2D eigenvalue weighted by Gasteiger charge is 2.39. The lowest BCUT2D eigenvalue weighted by atomic mass is 10.1. The summed E-state index contributed by atoms with van der Waals surface area (Å²) in [5.41, 5.74) is 0.724. The molecule has 0 fully saturated rings. The molecule has 0 atom stereocenters. The van der Waals surface area contributed by atoms with Gasteiger partial charge in [-0.05, 0) is 42.8 Å². The van der Waals surface area contributed by atoms with Crippen LogP contribution in [0.1, 0.15) is 36.8 Å². The van der Waals surface area contributed by atoms with Crippen LogP contribution in [0.4, 0.5) is 13.2 Å². The van der Waals surface area contributed by atoms with Crippen LogP contribution >= 0.6 is 0 Å². The fourth-order valence-electron chi connectivity index (χ4n) is 3.09. The average Bonchev–Trinajstić information content (AvgIpc) is 3.11. The number of aromatic amines is 1. The maximum absolute atomic E-state index is 12.5. The molecule has 0 unspecified atom stereocenters. The number of ether oxygens (including phenoxy) is 1. The SMILES string of the molecule is Cc1c(C(=O)ON2C(=O)c3ccccc3C2=O)[nH]c2ccc(OC(F)(F)F)cc12. The first-order valence-electron chi connectivity index (χ1n) is 8.24. The highest BCUT2D eigenvalue weighted by Crippen LogP contribution is 2.30. The van der Waals surface area contributed by atoms with Gasteiger partial charge in [0.2, 0.25) is 0 Å². The van der Waals surface area contributed by atoms with E-state index in [-0.39, 0.29) is 22.4 Å². The normalized spacial score (nSPS) is 13.7. The van der Waals surface area contributed by atoms with Crippen molar-refractivity contribution in [2.24, 2.45) is 0 Å². The number of H-pyrrole nitrogens is 1. The van der Waals surface area contributed by atoms with E-state index in [1.54, 1.807) is 12.1 Å². The molecule has 0 saturated heterocycles. The van der Waals surface area contributed by atoms with E-state index in [9.17, 15) is 27.6 Å². The van der Waals surface area contributed by atoms with Crippen LogP contribution in [0.25, 0.3) is 10.9 Å². The molecule has 1 aromatic heterocycles. The minimum Gasteiger partial charge on any atom is -0.406 e. The van der Waals surface area contributed by atoms with Gasteiger partial charge in [-0.25, -0.2) is 4.79 Å². The molecule has 29 heavy (non-hydrogen) atoms. The number of amides is 2. The zero-order valence-electron chi connectivity index (χ0n) is 14.7. The van der Waals surface area contributed by atoms with Gasteiger partial charge in [-0.2, -0.15) is 0 Å². The van der Waals surface area contributed by atoms with E-state index in [0.29, 0.717) is 16.0 Å². The number of alkyl halides is 3. The van der Waals surface area contributed by atoms with Crippen molar-refractivity contribution in [3.05, 3.63) is 64.8 Å². The number of hydrogen-bond donors (Lipinski definition) is 1. The van der Waals surface area contributed by atoms with Gasteiger partial charge < -0.3 is 14.6 Å². The van der Waals surface area contributed by atoms with Crippen LogP contribution < -0.4 is 4.74 Å². The maximum atomic E-state index is 12.5. The van der Waals surface area contributed by atoms with Gasteiger partial charge in [0.05, 0.1) is 11.1 Å². The minimum absolute atomic E-state index is 0.104. The number of aromatic nitrogens is 1. The van der Waals surface area contributed by atoms with Crippen molar-refractivity contribution in [1.29, 1.82) is 0 Å². The van der Waals surface area contributed by atoms with Crippen LogP contribution in [0.15, 0.2) is 42.5 Å². The Balaban J connectivity index is 1.62. The first kappa shape index (κ1) is 18.5. The van der Waals surface area contributed by atoms with E-state index in [1.807, 2.05) is 0 Å². The zero-order chi connectivity index (χ0) is 20.9. The molecule has 0 bridgehead atoms. The molecular formula is C19H11F3N2O5. The van der Waals surface area contributed by atoms with Gasteiger partial charge in [0.25, 0.3) is 11.8 Å². The lowest BCUT2D eigenvalue weighted by Crippen LogP contribution is -2.33. The molecule has 0 aliphatic carbocycles. The van der Waals surface area contributed by atoms with Gasteiger partial charge in [0.15, 0.2) is 0 Å². The van der Waals surface area contributed by atoms with Crippen LogP contribution in [-0.4, -0.2) is 34.2 Å². The second-order valence-corrected chi connectivity index (χ2v) is 6.21. The number of imide groups is 1. The maximum Gasteiger partial charge on any atom is 0.573 e. The second kappa shape index (κ2) is 6.36. The van der Waals surface area contributed by atoms with Crippen molar-refractivity contribution >= 4 is 28.7 Å². The molecule has 1 aliphatic heterocycles. The van der Waals surface area contributed by atoms with E-state index in [2.05, 4.69) is 9.72 Å². The van der Waals surface area contributed by atoms with E-state index in [0.717, 1.165) is 12.1 Å². The number of fused-ring (bicyclic) bond motifs is 2. The molecule has 3 aromatic rings. The summed E-state index contributed by atoms with van der Waals surface area (Å²) in [6, 6.07) is 9.51. The number of nitrogens with zero attached hydrogens (tertiary/aromatic N) is 1. The van der Waals surface area contributed by atoms with Crippen LogP contribution in [0, 0.1) is 6.92 Å². The largest absolute Gasteiger partial charge is 0.573 e. The quantitative estimate of drug-likeness (QED) is 0.672. The van der Waals surface area contributed by atoms with E-state index >= 15 is 0 Å². The minimum atomic E-state index is -4.86. The summed E-state index contributed by atoms with van der Waals surface area (Å²) in [6.07, 6.45) is -4.86.